The molecule has 1 aliphatic heterocycles. The standard InChI is InChI=1S/C25H24N6O2/c32-25(27-20-9-11-22(12-10-20)33-21-7-2-1-3-8-21)19-6-4-16-30(18-19)23-13-14-24(29-28-23)31-17-5-15-26-31/h1-3,5,7-15,17,19H,4,6,16,18H2,(H,27,32). The summed E-state index contributed by atoms with van der Waals surface area (Å²) < 4.78 is 7.48. The lowest BCUT2D eigenvalue weighted by Gasteiger charge is -2.32. The van der Waals surface area contributed by atoms with Crippen LogP contribution >= 0.6 is 0 Å². The van der Waals surface area contributed by atoms with Crippen LogP contribution in [0.4, 0.5) is 11.5 Å². The van der Waals surface area contributed by atoms with E-state index in [0.29, 0.717) is 12.4 Å². The van der Waals surface area contributed by atoms with Crippen LogP contribution in [0.5, 0.6) is 11.5 Å². The van der Waals surface area contributed by atoms with Crippen molar-refractivity contribution in [2.45, 2.75) is 12.8 Å². The first-order valence-electron chi connectivity index (χ1n) is 11.0. The minimum Gasteiger partial charge on any atom is -0.457 e. The number of carbonyl (C=O) groups is 1. The van der Waals surface area contributed by atoms with Crippen molar-refractivity contribution >= 4 is 17.4 Å². The maximum absolute atomic E-state index is 12.9. The van der Waals surface area contributed by atoms with E-state index in [-0.39, 0.29) is 11.8 Å². The van der Waals surface area contributed by atoms with Gasteiger partial charge in [-0.1, -0.05) is 18.2 Å². The first-order chi connectivity index (χ1) is 16.2. The molecule has 8 heteroatoms. The van der Waals surface area contributed by atoms with Crippen LogP contribution in [-0.2, 0) is 4.79 Å². The van der Waals surface area contributed by atoms with Crippen LogP contribution in [0.25, 0.3) is 5.82 Å². The third kappa shape index (κ3) is 5.01. The van der Waals surface area contributed by atoms with Gasteiger partial charge in [-0.15, -0.1) is 10.2 Å². The van der Waals surface area contributed by atoms with E-state index in [4.69, 9.17) is 4.74 Å². The smallest absolute Gasteiger partial charge is 0.229 e. The normalized spacial score (nSPS) is 15.8. The molecule has 1 aliphatic rings. The van der Waals surface area contributed by atoms with Crippen LogP contribution in [0, 0.1) is 5.92 Å². The summed E-state index contributed by atoms with van der Waals surface area (Å²) in [4.78, 5) is 15.0. The van der Waals surface area contributed by atoms with Crippen molar-refractivity contribution in [1.82, 2.24) is 20.0 Å². The van der Waals surface area contributed by atoms with Gasteiger partial charge in [-0.2, -0.15) is 5.10 Å². The van der Waals surface area contributed by atoms with E-state index in [2.05, 4.69) is 25.5 Å². The predicted octanol–water partition coefficient (Wildman–Crippen LogP) is 4.31. The first kappa shape index (κ1) is 20.7. The lowest BCUT2D eigenvalue weighted by molar-refractivity contribution is -0.120. The topological polar surface area (TPSA) is 85.2 Å². The molecule has 1 fully saturated rings. The van der Waals surface area contributed by atoms with E-state index >= 15 is 0 Å². The molecule has 4 aromatic rings. The molecule has 166 valence electrons. The fraction of sp³-hybridized carbons (Fsp3) is 0.200. The number of benzene rings is 2. The maximum Gasteiger partial charge on any atom is 0.229 e. The molecule has 1 amide bonds. The number of nitrogens with zero attached hydrogens (tertiary/aromatic N) is 5. The number of amides is 1. The summed E-state index contributed by atoms with van der Waals surface area (Å²) in [6.07, 6.45) is 5.29. The zero-order valence-corrected chi connectivity index (χ0v) is 18.0. The Morgan fingerprint density at radius 1 is 0.909 bits per heavy atom. The lowest BCUT2D eigenvalue weighted by Crippen LogP contribution is -2.41. The number of piperidine rings is 1. The number of aromatic nitrogens is 4. The molecular formula is C25H24N6O2. The van der Waals surface area contributed by atoms with Crippen LogP contribution in [-0.4, -0.2) is 39.0 Å². The summed E-state index contributed by atoms with van der Waals surface area (Å²) in [7, 11) is 0. The van der Waals surface area contributed by atoms with E-state index in [9.17, 15) is 4.79 Å². The Morgan fingerprint density at radius 3 is 2.39 bits per heavy atom. The lowest BCUT2D eigenvalue weighted by atomic mass is 9.97. The monoisotopic (exact) mass is 440 g/mol. The van der Waals surface area contributed by atoms with E-state index in [1.165, 1.54) is 0 Å². The van der Waals surface area contributed by atoms with Gasteiger partial charge in [0.2, 0.25) is 5.91 Å². The summed E-state index contributed by atoms with van der Waals surface area (Å²) in [6, 6.07) is 22.7. The molecule has 0 aliphatic carbocycles. The summed E-state index contributed by atoms with van der Waals surface area (Å²) in [5.41, 5.74) is 0.751. The second-order valence-corrected chi connectivity index (χ2v) is 7.91. The molecule has 1 unspecified atom stereocenters. The maximum atomic E-state index is 12.9. The van der Waals surface area contributed by atoms with E-state index in [1.807, 2.05) is 79.0 Å². The molecule has 2 aromatic carbocycles. The SMILES string of the molecule is O=C(Nc1ccc(Oc2ccccc2)cc1)C1CCCN(c2ccc(-n3cccn3)nn2)C1. The van der Waals surface area contributed by atoms with Gasteiger partial charge in [0.1, 0.15) is 11.5 Å². The highest BCUT2D eigenvalue weighted by Crippen LogP contribution is 2.25. The number of ether oxygens (including phenoxy) is 1. The molecule has 8 nitrogen and oxygen atoms in total. The Balaban J connectivity index is 1.18. The Bertz CT molecular complexity index is 1180. The van der Waals surface area contributed by atoms with Crippen molar-refractivity contribution in [2.75, 3.05) is 23.3 Å². The number of hydrogen-bond donors (Lipinski definition) is 1. The summed E-state index contributed by atoms with van der Waals surface area (Å²) >= 11 is 0. The number of carbonyl (C=O) groups excluding carboxylic acids is 1. The van der Waals surface area contributed by atoms with Crippen molar-refractivity contribution in [3.05, 3.63) is 85.2 Å². The quantitative estimate of drug-likeness (QED) is 0.481. The van der Waals surface area contributed by atoms with Gasteiger partial charge in [0, 0.05) is 31.2 Å². The Hall–Kier alpha value is -4.20. The highest BCUT2D eigenvalue weighted by Gasteiger charge is 2.27. The molecule has 2 aromatic heterocycles. The van der Waals surface area contributed by atoms with Crippen molar-refractivity contribution in [3.63, 3.8) is 0 Å². The molecular weight excluding hydrogens is 416 g/mol. The van der Waals surface area contributed by atoms with E-state index < -0.39 is 0 Å². The van der Waals surface area contributed by atoms with Gasteiger partial charge in [-0.3, -0.25) is 4.79 Å². The zero-order valence-electron chi connectivity index (χ0n) is 18.0. The Kier molecular flexibility index (Phi) is 5.97. The molecule has 0 spiro atoms. The fourth-order valence-electron chi connectivity index (χ4n) is 3.89. The van der Waals surface area contributed by atoms with Crippen LogP contribution in [0.2, 0.25) is 0 Å². The van der Waals surface area contributed by atoms with Gasteiger partial charge < -0.3 is 15.0 Å². The summed E-state index contributed by atoms with van der Waals surface area (Å²) in [5.74, 6) is 2.82. The zero-order chi connectivity index (χ0) is 22.5. The van der Waals surface area contributed by atoms with Crippen LogP contribution in [0.3, 0.4) is 0 Å². The molecule has 33 heavy (non-hydrogen) atoms. The molecule has 3 heterocycles. The van der Waals surface area contributed by atoms with E-state index in [1.54, 1.807) is 10.9 Å². The van der Waals surface area contributed by atoms with Gasteiger partial charge in [0.15, 0.2) is 11.6 Å². The number of hydrogen-bond acceptors (Lipinski definition) is 6. The van der Waals surface area contributed by atoms with Crippen molar-refractivity contribution < 1.29 is 9.53 Å². The van der Waals surface area contributed by atoms with Crippen molar-refractivity contribution in [3.8, 4) is 17.3 Å². The number of para-hydroxylation sites is 1. The van der Waals surface area contributed by atoms with Gasteiger partial charge >= 0.3 is 0 Å². The number of anilines is 2. The third-order valence-electron chi connectivity index (χ3n) is 5.59. The number of nitrogens with one attached hydrogen (secondary N) is 1. The highest BCUT2D eigenvalue weighted by molar-refractivity contribution is 5.93. The van der Waals surface area contributed by atoms with Gasteiger partial charge in [0.05, 0.1) is 5.92 Å². The second kappa shape index (κ2) is 9.52. The van der Waals surface area contributed by atoms with Gasteiger partial charge in [-0.25, -0.2) is 4.68 Å². The predicted molar refractivity (Wildman–Crippen MR) is 126 cm³/mol. The summed E-state index contributed by atoms with van der Waals surface area (Å²) in [5, 5.41) is 15.8. The van der Waals surface area contributed by atoms with Crippen LogP contribution in [0.15, 0.2) is 85.2 Å². The molecule has 0 saturated carbocycles. The molecule has 1 saturated heterocycles. The number of rotatable bonds is 6. The second-order valence-electron chi connectivity index (χ2n) is 7.91. The molecule has 1 atom stereocenters. The molecule has 5 rings (SSSR count). The minimum atomic E-state index is -0.119. The van der Waals surface area contributed by atoms with Gasteiger partial charge in [0.25, 0.3) is 0 Å². The highest BCUT2D eigenvalue weighted by atomic mass is 16.5. The van der Waals surface area contributed by atoms with Crippen LogP contribution < -0.4 is 15.0 Å². The Morgan fingerprint density at radius 2 is 1.67 bits per heavy atom. The fourth-order valence-corrected chi connectivity index (χ4v) is 3.89. The van der Waals surface area contributed by atoms with E-state index in [0.717, 1.165) is 42.4 Å². The minimum absolute atomic E-state index is 0.0116. The first-order valence-corrected chi connectivity index (χ1v) is 11.0. The average Bonchev–Trinajstić information content (AvgIpc) is 3.41. The molecule has 1 N–H and O–H groups in total. The third-order valence-corrected chi connectivity index (χ3v) is 5.59. The summed E-state index contributed by atoms with van der Waals surface area (Å²) in [6.45, 7) is 1.46. The van der Waals surface area contributed by atoms with Crippen molar-refractivity contribution in [1.29, 1.82) is 0 Å². The Labute approximate surface area is 191 Å². The van der Waals surface area contributed by atoms with Crippen LogP contribution in [0.1, 0.15) is 12.8 Å². The molecule has 0 radical (unpaired) electrons. The van der Waals surface area contributed by atoms with Gasteiger partial charge in [-0.05, 0) is 67.4 Å². The molecule has 0 bridgehead atoms. The van der Waals surface area contributed by atoms with Crippen molar-refractivity contribution in [2.24, 2.45) is 5.92 Å². The average molecular weight is 441 g/mol. The largest absolute Gasteiger partial charge is 0.457 e.